The number of ether oxygens (including phenoxy) is 2. The predicted molar refractivity (Wildman–Crippen MR) is 29.5 cm³/mol. The van der Waals surface area contributed by atoms with Gasteiger partial charge in [0.05, 0.1) is 0 Å². The molecule has 0 saturated heterocycles. The summed E-state index contributed by atoms with van der Waals surface area (Å²) in [4.78, 5) is 12.9. The highest BCUT2D eigenvalue weighted by atomic mass is 16.7. The molecule has 0 amide bonds. The maximum atomic E-state index is 10.2. The Morgan fingerprint density at radius 2 is 2.40 bits per heavy atom. The largest absolute Gasteiger partial charge is 0.514 e. The normalized spacial score (nSPS) is 7.00. The van der Waals surface area contributed by atoms with Crippen LogP contribution in [-0.4, -0.2) is 19.5 Å². The van der Waals surface area contributed by atoms with Crippen molar-refractivity contribution in [2.75, 3.05) is 13.3 Å². The van der Waals surface area contributed by atoms with Gasteiger partial charge in [-0.2, -0.15) is 5.26 Å². The van der Waals surface area contributed by atoms with Crippen molar-refractivity contribution in [3.63, 3.8) is 0 Å². The van der Waals surface area contributed by atoms with Crippen LogP contribution in [0.25, 0.3) is 4.85 Å². The van der Waals surface area contributed by atoms with Gasteiger partial charge < -0.3 is 9.47 Å². The minimum Gasteiger partial charge on any atom is -0.419 e. The number of nitrogens with zero attached hydrogens (tertiary/aromatic N) is 2. The van der Waals surface area contributed by atoms with Crippen LogP contribution in [0.4, 0.5) is 4.79 Å². The molecule has 0 aliphatic rings. The highest BCUT2D eigenvalue weighted by Gasteiger charge is 2.01. The van der Waals surface area contributed by atoms with Gasteiger partial charge in [-0.25, -0.2) is 11.4 Å². The summed E-state index contributed by atoms with van der Waals surface area (Å²) in [5.41, 5.74) is 0. The van der Waals surface area contributed by atoms with Gasteiger partial charge >= 0.3 is 12.9 Å². The van der Waals surface area contributed by atoms with Crippen LogP contribution < -0.4 is 0 Å². The molecule has 0 saturated carbocycles. The van der Waals surface area contributed by atoms with Crippen molar-refractivity contribution in [3.8, 4) is 6.07 Å². The van der Waals surface area contributed by atoms with Crippen LogP contribution in [0.3, 0.4) is 0 Å². The van der Waals surface area contributed by atoms with Crippen LogP contribution in [0.15, 0.2) is 0 Å². The minimum atomic E-state index is -0.988. The van der Waals surface area contributed by atoms with Crippen LogP contribution in [0.2, 0.25) is 0 Å². The summed E-state index contributed by atoms with van der Waals surface area (Å²) < 4.78 is 8.25. The standard InChI is InChI=1S/C5H4N2O3/c1-7-4-10-5(8)9-3-2-6/h3-4H2. The quantitative estimate of drug-likeness (QED) is 0.414. The Bertz CT molecular complexity index is 168. The minimum absolute atomic E-state index is 0.350. The average molecular weight is 140 g/mol. The lowest BCUT2D eigenvalue weighted by molar-refractivity contribution is 0.0724. The molecule has 0 atom stereocenters. The summed E-state index contributed by atoms with van der Waals surface area (Å²) in [6.07, 6.45) is -0.988. The van der Waals surface area contributed by atoms with E-state index in [1.54, 1.807) is 6.07 Å². The molecule has 5 nitrogen and oxygen atoms in total. The molecule has 10 heavy (non-hydrogen) atoms. The lowest BCUT2D eigenvalue weighted by atomic mass is 10.8. The lowest BCUT2D eigenvalue weighted by Crippen LogP contribution is -2.06. The summed E-state index contributed by atoms with van der Waals surface area (Å²) in [5.74, 6) is 0. The number of rotatable bonds is 2. The van der Waals surface area contributed by atoms with Crippen LogP contribution in [-0.2, 0) is 9.47 Å². The van der Waals surface area contributed by atoms with E-state index in [1.807, 2.05) is 0 Å². The molecule has 0 N–H and O–H groups in total. The molecule has 52 valence electrons. The summed E-state index contributed by atoms with van der Waals surface area (Å²) in [6.45, 7) is 5.48. The van der Waals surface area contributed by atoms with Crippen molar-refractivity contribution in [2.45, 2.75) is 0 Å². The fraction of sp³-hybridized carbons (Fsp3) is 0.400. The molecule has 0 heterocycles. The van der Waals surface area contributed by atoms with Crippen molar-refractivity contribution >= 4 is 6.16 Å². The van der Waals surface area contributed by atoms with Crippen molar-refractivity contribution in [1.29, 1.82) is 5.26 Å². The van der Waals surface area contributed by atoms with E-state index in [1.165, 1.54) is 0 Å². The molecule has 0 aromatic carbocycles. The summed E-state index contributed by atoms with van der Waals surface area (Å²) in [6, 6.07) is 1.57. The molecule has 0 unspecified atom stereocenters. The average Bonchev–Trinajstić information content (AvgIpc) is 1.97. The van der Waals surface area contributed by atoms with E-state index >= 15 is 0 Å². The third-order valence-corrected chi connectivity index (χ3v) is 0.502. The first-order valence-corrected chi connectivity index (χ1v) is 2.31. The summed E-state index contributed by atoms with van der Waals surface area (Å²) in [7, 11) is 0. The summed E-state index contributed by atoms with van der Waals surface area (Å²) >= 11 is 0. The number of carbonyl (C=O) groups is 1. The number of carbonyl (C=O) groups excluding carboxylic acids is 1. The Balaban J connectivity index is 3.30. The maximum absolute atomic E-state index is 10.2. The smallest absolute Gasteiger partial charge is 0.419 e. The monoisotopic (exact) mass is 140 g/mol. The Morgan fingerprint density at radius 1 is 1.70 bits per heavy atom. The van der Waals surface area contributed by atoms with Crippen LogP contribution in [0.5, 0.6) is 0 Å². The molecule has 0 aromatic heterocycles. The molecular weight excluding hydrogens is 136 g/mol. The topological polar surface area (TPSA) is 63.7 Å². The third-order valence-electron chi connectivity index (χ3n) is 0.502. The zero-order valence-electron chi connectivity index (χ0n) is 5.03. The molecule has 0 radical (unpaired) electrons. The molecule has 0 aromatic rings. The van der Waals surface area contributed by atoms with Crippen molar-refractivity contribution < 1.29 is 14.3 Å². The van der Waals surface area contributed by atoms with Crippen LogP contribution in [0, 0.1) is 17.9 Å². The van der Waals surface area contributed by atoms with Gasteiger partial charge in [-0.3, -0.25) is 4.85 Å². The second-order valence-electron chi connectivity index (χ2n) is 1.13. The Hall–Kier alpha value is -1.75. The van der Waals surface area contributed by atoms with E-state index in [-0.39, 0.29) is 13.3 Å². The second-order valence-corrected chi connectivity index (χ2v) is 1.13. The van der Waals surface area contributed by atoms with Crippen LogP contribution in [0.1, 0.15) is 0 Å². The van der Waals surface area contributed by atoms with E-state index in [2.05, 4.69) is 14.3 Å². The Morgan fingerprint density at radius 3 is 2.90 bits per heavy atom. The van der Waals surface area contributed by atoms with Gasteiger partial charge in [0.25, 0.3) is 0 Å². The summed E-state index contributed by atoms with van der Waals surface area (Å²) in [5, 5.41) is 7.90. The Labute approximate surface area is 57.6 Å². The molecule has 0 aliphatic heterocycles. The SMILES string of the molecule is [C-]#[N+]COC(=O)OCC#N. The van der Waals surface area contributed by atoms with E-state index < -0.39 is 6.16 Å². The Kier molecular flexibility index (Phi) is 4.45. The van der Waals surface area contributed by atoms with E-state index in [9.17, 15) is 4.79 Å². The number of hydrogen-bond donors (Lipinski definition) is 0. The van der Waals surface area contributed by atoms with Gasteiger partial charge in [-0.15, -0.1) is 0 Å². The van der Waals surface area contributed by atoms with Crippen molar-refractivity contribution in [3.05, 3.63) is 11.4 Å². The van der Waals surface area contributed by atoms with Crippen molar-refractivity contribution in [1.82, 2.24) is 0 Å². The predicted octanol–water partition coefficient (Wildman–Crippen LogP) is 0.540. The fourth-order valence-corrected chi connectivity index (χ4v) is 0.218. The second kappa shape index (κ2) is 5.39. The molecule has 0 aliphatic carbocycles. The zero-order valence-corrected chi connectivity index (χ0v) is 5.03. The van der Waals surface area contributed by atoms with E-state index in [0.717, 1.165) is 0 Å². The fourth-order valence-electron chi connectivity index (χ4n) is 0.218. The molecule has 0 bridgehead atoms. The highest BCUT2D eigenvalue weighted by molar-refractivity contribution is 5.60. The van der Waals surface area contributed by atoms with Gasteiger partial charge in [0.2, 0.25) is 0 Å². The van der Waals surface area contributed by atoms with Crippen molar-refractivity contribution in [2.24, 2.45) is 0 Å². The van der Waals surface area contributed by atoms with Crippen LogP contribution >= 0.6 is 0 Å². The van der Waals surface area contributed by atoms with Gasteiger partial charge in [-0.05, 0) is 0 Å². The maximum Gasteiger partial charge on any atom is 0.514 e. The molecule has 5 heteroatoms. The molecule has 0 spiro atoms. The van der Waals surface area contributed by atoms with Gasteiger partial charge in [0.1, 0.15) is 6.07 Å². The van der Waals surface area contributed by atoms with Gasteiger partial charge in [0.15, 0.2) is 6.61 Å². The number of hydrogen-bond acceptors (Lipinski definition) is 4. The van der Waals surface area contributed by atoms with E-state index in [4.69, 9.17) is 11.8 Å². The number of nitriles is 1. The highest BCUT2D eigenvalue weighted by Crippen LogP contribution is 1.83. The van der Waals surface area contributed by atoms with Gasteiger partial charge in [-0.1, -0.05) is 0 Å². The molecular formula is C5H4N2O3. The molecule has 0 rings (SSSR count). The van der Waals surface area contributed by atoms with E-state index in [0.29, 0.717) is 0 Å². The first-order valence-electron chi connectivity index (χ1n) is 2.31. The molecule has 0 fully saturated rings. The lowest BCUT2D eigenvalue weighted by Gasteiger charge is -1.94. The first kappa shape index (κ1) is 8.25. The third kappa shape index (κ3) is 4.41. The zero-order chi connectivity index (χ0) is 7.82. The first-order chi connectivity index (χ1) is 4.81. The van der Waals surface area contributed by atoms with Gasteiger partial charge in [0, 0.05) is 0 Å².